The third kappa shape index (κ3) is 2.53. The molecule has 0 spiro atoms. The lowest BCUT2D eigenvalue weighted by molar-refractivity contribution is 0.303. The summed E-state index contributed by atoms with van der Waals surface area (Å²) >= 11 is 0. The highest BCUT2D eigenvalue weighted by molar-refractivity contribution is 7.13. The van der Waals surface area contributed by atoms with Crippen LogP contribution in [0.25, 0.3) is 0 Å². The smallest absolute Gasteiger partial charge is 0.0142 e. The second-order valence-electron chi connectivity index (χ2n) is 3.81. The highest BCUT2D eigenvalue weighted by Gasteiger charge is 2.21. The van der Waals surface area contributed by atoms with Crippen molar-refractivity contribution in [3.8, 4) is 0 Å². The molecule has 0 radical (unpaired) electrons. The van der Waals surface area contributed by atoms with E-state index < -0.39 is 0 Å². The van der Waals surface area contributed by atoms with E-state index in [0.29, 0.717) is 5.41 Å². The molecule has 0 bridgehead atoms. The molecule has 1 N–H and O–H groups in total. The maximum Gasteiger partial charge on any atom is 0.0142 e. The van der Waals surface area contributed by atoms with Gasteiger partial charge in [-0.25, -0.2) is 0 Å². The fraction of sp³-hybridized carbons (Fsp3) is 1.00. The molecule has 0 aromatic heterocycles. The van der Waals surface area contributed by atoms with Crippen LogP contribution in [0, 0.1) is 5.41 Å². The molecule has 1 rings (SSSR count). The van der Waals surface area contributed by atoms with Gasteiger partial charge in [0.15, 0.2) is 0 Å². The van der Waals surface area contributed by atoms with E-state index in [4.69, 9.17) is 0 Å². The monoisotopic (exact) mass is 160 g/mol. The predicted octanol–water partition coefficient (Wildman–Crippen LogP) is 0.708. The SMILES string of the molecule is CC1(C)CNCCN(P)C1. The Labute approximate surface area is 65.6 Å². The average Bonchev–Trinajstić information content (AvgIpc) is 1.90. The molecule has 0 aromatic rings. The zero-order valence-corrected chi connectivity index (χ0v) is 8.01. The molecular formula is C7H17N2P. The maximum absolute atomic E-state index is 3.41. The summed E-state index contributed by atoms with van der Waals surface area (Å²) in [5, 5.41) is 3.41. The highest BCUT2D eigenvalue weighted by atomic mass is 31.0. The van der Waals surface area contributed by atoms with E-state index in [9.17, 15) is 0 Å². The summed E-state index contributed by atoms with van der Waals surface area (Å²) in [7, 11) is 2.77. The molecule has 60 valence electrons. The van der Waals surface area contributed by atoms with Gasteiger partial charge in [-0.05, 0) is 5.41 Å². The highest BCUT2D eigenvalue weighted by Crippen LogP contribution is 2.19. The first-order valence-electron chi connectivity index (χ1n) is 3.80. The first-order valence-corrected chi connectivity index (χ1v) is 4.32. The molecule has 0 amide bonds. The summed E-state index contributed by atoms with van der Waals surface area (Å²) in [6.45, 7) is 9.16. The van der Waals surface area contributed by atoms with Crippen molar-refractivity contribution in [1.82, 2.24) is 9.99 Å². The van der Waals surface area contributed by atoms with Crippen molar-refractivity contribution in [1.29, 1.82) is 0 Å². The fourth-order valence-electron chi connectivity index (χ4n) is 1.33. The van der Waals surface area contributed by atoms with Crippen molar-refractivity contribution in [2.75, 3.05) is 26.2 Å². The van der Waals surface area contributed by atoms with Gasteiger partial charge in [0.2, 0.25) is 0 Å². The molecule has 0 aromatic carbocycles. The summed E-state index contributed by atoms with van der Waals surface area (Å²) in [4.78, 5) is 0. The zero-order chi connectivity index (χ0) is 7.61. The maximum atomic E-state index is 3.41. The molecule has 3 heteroatoms. The lowest BCUT2D eigenvalue weighted by atomic mass is 9.94. The average molecular weight is 160 g/mol. The summed E-state index contributed by atoms with van der Waals surface area (Å²) in [5.41, 5.74) is 0.429. The van der Waals surface area contributed by atoms with Crippen LogP contribution in [0.2, 0.25) is 0 Å². The third-order valence-corrected chi connectivity index (χ3v) is 2.25. The van der Waals surface area contributed by atoms with Gasteiger partial charge in [-0.1, -0.05) is 23.2 Å². The predicted molar refractivity (Wildman–Crippen MR) is 47.9 cm³/mol. The minimum atomic E-state index is 0.429. The molecule has 0 saturated carbocycles. The Bertz CT molecular complexity index is 114. The van der Waals surface area contributed by atoms with Crippen LogP contribution in [0.3, 0.4) is 0 Å². The molecule has 1 atom stereocenters. The lowest BCUT2D eigenvalue weighted by Crippen LogP contribution is -2.31. The van der Waals surface area contributed by atoms with Crippen LogP contribution in [0.5, 0.6) is 0 Å². The van der Waals surface area contributed by atoms with Crippen LogP contribution < -0.4 is 5.32 Å². The molecule has 1 fully saturated rings. The van der Waals surface area contributed by atoms with Gasteiger partial charge in [-0.2, -0.15) is 0 Å². The van der Waals surface area contributed by atoms with Gasteiger partial charge in [0.05, 0.1) is 0 Å². The zero-order valence-electron chi connectivity index (χ0n) is 6.85. The van der Waals surface area contributed by atoms with E-state index in [1.807, 2.05) is 0 Å². The van der Waals surface area contributed by atoms with Crippen molar-refractivity contribution >= 4 is 9.39 Å². The van der Waals surface area contributed by atoms with E-state index >= 15 is 0 Å². The Morgan fingerprint density at radius 2 is 2.20 bits per heavy atom. The van der Waals surface area contributed by atoms with Crippen LogP contribution in [0.1, 0.15) is 13.8 Å². The van der Waals surface area contributed by atoms with Gasteiger partial charge in [0, 0.05) is 26.2 Å². The Balaban J connectivity index is 2.46. The van der Waals surface area contributed by atoms with Gasteiger partial charge in [-0.3, -0.25) is 4.67 Å². The van der Waals surface area contributed by atoms with E-state index in [0.717, 1.165) is 19.6 Å². The van der Waals surface area contributed by atoms with E-state index in [-0.39, 0.29) is 0 Å². The van der Waals surface area contributed by atoms with Crippen molar-refractivity contribution in [3.05, 3.63) is 0 Å². The molecule has 1 heterocycles. The summed E-state index contributed by atoms with van der Waals surface area (Å²) in [6, 6.07) is 0. The van der Waals surface area contributed by atoms with Gasteiger partial charge >= 0.3 is 0 Å². The third-order valence-electron chi connectivity index (χ3n) is 1.81. The summed E-state index contributed by atoms with van der Waals surface area (Å²) in [5.74, 6) is 0. The normalized spacial score (nSPS) is 27.9. The van der Waals surface area contributed by atoms with E-state index in [2.05, 4.69) is 33.2 Å². The minimum absolute atomic E-state index is 0.429. The molecule has 10 heavy (non-hydrogen) atoms. The second kappa shape index (κ2) is 3.17. The largest absolute Gasteiger partial charge is 0.315 e. The van der Waals surface area contributed by atoms with E-state index in [1.165, 1.54) is 6.54 Å². The molecule has 1 aliphatic rings. The molecular weight excluding hydrogens is 143 g/mol. The van der Waals surface area contributed by atoms with Crippen molar-refractivity contribution in [3.63, 3.8) is 0 Å². The topological polar surface area (TPSA) is 15.3 Å². The molecule has 1 aliphatic heterocycles. The molecule has 2 nitrogen and oxygen atoms in total. The van der Waals surface area contributed by atoms with Crippen molar-refractivity contribution < 1.29 is 0 Å². The number of rotatable bonds is 0. The van der Waals surface area contributed by atoms with Gasteiger partial charge in [-0.15, -0.1) is 0 Å². The minimum Gasteiger partial charge on any atom is -0.315 e. The summed E-state index contributed by atoms with van der Waals surface area (Å²) < 4.78 is 2.31. The van der Waals surface area contributed by atoms with Crippen molar-refractivity contribution in [2.24, 2.45) is 5.41 Å². The standard InChI is InChI=1S/C7H17N2P/c1-7(2)5-8-3-4-9(10)6-7/h8H,3-6,10H2,1-2H3. The number of nitrogens with one attached hydrogen (secondary N) is 1. The molecule has 0 aliphatic carbocycles. The Hall–Kier alpha value is 0.350. The number of hydrogen-bond acceptors (Lipinski definition) is 2. The first-order chi connectivity index (χ1) is 4.60. The second-order valence-corrected chi connectivity index (χ2v) is 4.54. The van der Waals surface area contributed by atoms with Crippen LogP contribution >= 0.6 is 9.39 Å². The van der Waals surface area contributed by atoms with Crippen LogP contribution in [-0.4, -0.2) is 30.8 Å². The quantitative estimate of drug-likeness (QED) is 0.525. The van der Waals surface area contributed by atoms with Gasteiger partial charge in [0.25, 0.3) is 0 Å². The fourth-order valence-corrected chi connectivity index (χ4v) is 1.96. The Kier molecular flexibility index (Phi) is 2.67. The number of nitrogens with zero attached hydrogens (tertiary/aromatic N) is 1. The van der Waals surface area contributed by atoms with Gasteiger partial charge in [0.1, 0.15) is 0 Å². The van der Waals surface area contributed by atoms with Gasteiger partial charge < -0.3 is 5.32 Å². The van der Waals surface area contributed by atoms with Crippen LogP contribution in [-0.2, 0) is 0 Å². The first kappa shape index (κ1) is 8.45. The van der Waals surface area contributed by atoms with Crippen LogP contribution in [0.4, 0.5) is 0 Å². The Morgan fingerprint density at radius 3 is 2.90 bits per heavy atom. The van der Waals surface area contributed by atoms with Crippen LogP contribution in [0.15, 0.2) is 0 Å². The molecule has 1 unspecified atom stereocenters. The molecule has 1 saturated heterocycles. The Morgan fingerprint density at radius 1 is 1.50 bits per heavy atom. The lowest BCUT2D eigenvalue weighted by Gasteiger charge is -2.25. The summed E-state index contributed by atoms with van der Waals surface area (Å²) in [6.07, 6.45) is 0. The van der Waals surface area contributed by atoms with Crippen molar-refractivity contribution in [2.45, 2.75) is 13.8 Å². The van der Waals surface area contributed by atoms with E-state index in [1.54, 1.807) is 0 Å². The number of hydrogen-bond donors (Lipinski definition) is 1.